The van der Waals surface area contributed by atoms with Crippen LogP contribution in [0, 0.1) is 0 Å². The topological polar surface area (TPSA) is 38.0 Å². The van der Waals surface area contributed by atoms with Gasteiger partial charge in [0.1, 0.15) is 0 Å². The zero-order chi connectivity index (χ0) is 21.1. The van der Waals surface area contributed by atoms with Crippen molar-refractivity contribution >= 4 is 11.8 Å². The number of benzene rings is 2. The second-order valence-electron chi connectivity index (χ2n) is 8.25. The van der Waals surface area contributed by atoms with E-state index in [1.54, 1.807) is 0 Å². The number of aryl methyl sites for hydroxylation is 2. The van der Waals surface area contributed by atoms with Crippen LogP contribution < -0.4 is 11.1 Å². The molecule has 0 amide bonds. The van der Waals surface area contributed by atoms with Crippen molar-refractivity contribution in [3.63, 3.8) is 0 Å². The van der Waals surface area contributed by atoms with Crippen LogP contribution in [-0.2, 0) is 12.8 Å². The van der Waals surface area contributed by atoms with E-state index in [0.717, 1.165) is 44.4 Å². The molecule has 160 valence electrons. The second kappa shape index (κ2) is 12.4. The Balaban J connectivity index is 1.83. The lowest BCUT2D eigenvalue weighted by molar-refractivity contribution is 0.280. The molecule has 3 heteroatoms. The Morgan fingerprint density at radius 2 is 1.62 bits per heavy atom. The van der Waals surface area contributed by atoms with Gasteiger partial charge in [-0.15, -0.1) is 11.8 Å². The van der Waals surface area contributed by atoms with E-state index in [9.17, 15) is 0 Å². The van der Waals surface area contributed by atoms with Gasteiger partial charge in [0.2, 0.25) is 0 Å². The van der Waals surface area contributed by atoms with E-state index in [0.29, 0.717) is 6.04 Å². The molecule has 0 saturated heterocycles. The van der Waals surface area contributed by atoms with E-state index in [-0.39, 0.29) is 5.54 Å². The van der Waals surface area contributed by atoms with E-state index < -0.39 is 0 Å². The largest absolute Gasteiger partial charge is 0.330 e. The van der Waals surface area contributed by atoms with E-state index in [2.05, 4.69) is 81.5 Å². The summed E-state index contributed by atoms with van der Waals surface area (Å²) in [7, 11) is 0. The Hall–Kier alpha value is -1.29. The molecular formula is C26H40N2S. The highest BCUT2D eigenvalue weighted by Crippen LogP contribution is 2.27. The Bertz CT molecular complexity index is 696. The van der Waals surface area contributed by atoms with Gasteiger partial charge in [0.15, 0.2) is 0 Å². The van der Waals surface area contributed by atoms with Crippen molar-refractivity contribution in [2.24, 2.45) is 5.73 Å². The van der Waals surface area contributed by atoms with Crippen LogP contribution in [0.1, 0.15) is 76.1 Å². The van der Waals surface area contributed by atoms with Crippen molar-refractivity contribution in [3.8, 4) is 0 Å². The van der Waals surface area contributed by atoms with E-state index in [4.69, 9.17) is 5.73 Å². The molecule has 0 fully saturated rings. The first-order valence-corrected chi connectivity index (χ1v) is 12.3. The van der Waals surface area contributed by atoms with E-state index in [1.807, 2.05) is 11.8 Å². The Morgan fingerprint density at radius 3 is 2.17 bits per heavy atom. The van der Waals surface area contributed by atoms with Gasteiger partial charge in [-0.2, -0.15) is 0 Å². The lowest BCUT2D eigenvalue weighted by Crippen LogP contribution is -2.45. The highest BCUT2D eigenvalue weighted by molar-refractivity contribution is 7.99. The van der Waals surface area contributed by atoms with Gasteiger partial charge < -0.3 is 11.1 Å². The maximum atomic E-state index is 5.83. The van der Waals surface area contributed by atoms with Crippen LogP contribution in [0.2, 0.25) is 0 Å². The van der Waals surface area contributed by atoms with E-state index >= 15 is 0 Å². The first kappa shape index (κ1) is 24.0. The summed E-state index contributed by atoms with van der Waals surface area (Å²) in [6.45, 7) is 9.73. The van der Waals surface area contributed by atoms with Crippen molar-refractivity contribution in [1.29, 1.82) is 0 Å². The first-order valence-electron chi connectivity index (χ1n) is 11.3. The highest BCUT2D eigenvalue weighted by atomic mass is 32.2. The lowest BCUT2D eigenvalue weighted by atomic mass is 9.91. The van der Waals surface area contributed by atoms with Crippen LogP contribution >= 0.6 is 11.8 Å². The third-order valence-electron chi connectivity index (χ3n) is 6.00. The molecule has 0 aliphatic heterocycles. The van der Waals surface area contributed by atoms with Crippen LogP contribution in [0.3, 0.4) is 0 Å². The molecule has 2 rings (SSSR count). The number of hydrogen-bond acceptors (Lipinski definition) is 3. The summed E-state index contributed by atoms with van der Waals surface area (Å²) in [4.78, 5) is 1.37. The Morgan fingerprint density at radius 1 is 0.966 bits per heavy atom. The van der Waals surface area contributed by atoms with Crippen LogP contribution in [0.5, 0.6) is 0 Å². The maximum absolute atomic E-state index is 5.83. The standard InChI is InChI=1S/C26H40N2S/c1-5-21-10-12-22(13-11-21)9-8-20-29-24-16-14-23(15-17-24)25(6-2)28-26(4,7-3)18-19-27/h10-17,25,28H,5-9,18-20,27H2,1-4H3. The normalized spacial score (nSPS) is 14.5. The van der Waals surface area contributed by atoms with Gasteiger partial charge in [-0.3, -0.25) is 0 Å². The molecule has 2 nitrogen and oxygen atoms in total. The molecule has 0 aromatic heterocycles. The SMILES string of the molecule is CCc1ccc(CCCSc2ccc(C(CC)NC(C)(CC)CCN)cc2)cc1. The summed E-state index contributed by atoms with van der Waals surface area (Å²) in [5.74, 6) is 1.16. The van der Waals surface area contributed by atoms with Crippen molar-refractivity contribution < 1.29 is 0 Å². The van der Waals surface area contributed by atoms with Crippen molar-refractivity contribution in [1.82, 2.24) is 5.32 Å². The molecular weight excluding hydrogens is 372 g/mol. The highest BCUT2D eigenvalue weighted by Gasteiger charge is 2.24. The summed E-state index contributed by atoms with van der Waals surface area (Å²) in [6.07, 6.45) is 6.68. The van der Waals surface area contributed by atoms with Crippen LogP contribution in [-0.4, -0.2) is 17.8 Å². The zero-order valence-electron chi connectivity index (χ0n) is 18.8. The summed E-state index contributed by atoms with van der Waals surface area (Å²) < 4.78 is 0. The zero-order valence-corrected chi connectivity index (χ0v) is 19.7. The minimum absolute atomic E-state index is 0.109. The summed E-state index contributed by atoms with van der Waals surface area (Å²) in [5.41, 5.74) is 10.2. The molecule has 0 radical (unpaired) electrons. The fraction of sp³-hybridized carbons (Fsp3) is 0.538. The Kier molecular flexibility index (Phi) is 10.3. The van der Waals surface area contributed by atoms with E-state index in [1.165, 1.54) is 28.0 Å². The third kappa shape index (κ3) is 7.81. The molecule has 3 N–H and O–H groups in total. The van der Waals surface area contributed by atoms with Crippen molar-refractivity contribution in [2.75, 3.05) is 12.3 Å². The number of rotatable bonds is 13. The van der Waals surface area contributed by atoms with Gasteiger partial charge in [0.05, 0.1) is 0 Å². The quantitative estimate of drug-likeness (QED) is 0.290. The smallest absolute Gasteiger partial charge is 0.0322 e. The van der Waals surface area contributed by atoms with Crippen molar-refractivity contribution in [3.05, 3.63) is 65.2 Å². The minimum atomic E-state index is 0.109. The molecule has 0 heterocycles. The first-order chi connectivity index (χ1) is 14.0. The fourth-order valence-corrected chi connectivity index (χ4v) is 4.57. The van der Waals surface area contributed by atoms with Gasteiger partial charge in [-0.05, 0) is 86.6 Å². The lowest BCUT2D eigenvalue weighted by Gasteiger charge is -2.34. The average Bonchev–Trinajstić information content (AvgIpc) is 2.76. The molecule has 2 atom stereocenters. The van der Waals surface area contributed by atoms with Crippen molar-refractivity contribution in [2.45, 2.75) is 82.7 Å². The Labute approximate surface area is 183 Å². The summed E-state index contributed by atoms with van der Waals surface area (Å²) in [6, 6.07) is 18.6. The summed E-state index contributed by atoms with van der Waals surface area (Å²) in [5, 5.41) is 3.86. The maximum Gasteiger partial charge on any atom is 0.0322 e. The van der Waals surface area contributed by atoms with Gasteiger partial charge in [-0.25, -0.2) is 0 Å². The predicted octanol–water partition coefficient (Wildman–Crippen LogP) is 6.53. The molecule has 0 spiro atoms. The number of nitrogens with two attached hydrogens (primary N) is 1. The minimum Gasteiger partial charge on any atom is -0.330 e. The van der Waals surface area contributed by atoms with Crippen LogP contribution in [0.4, 0.5) is 0 Å². The molecule has 2 unspecified atom stereocenters. The van der Waals surface area contributed by atoms with Gasteiger partial charge in [0, 0.05) is 16.5 Å². The third-order valence-corrected chi connectivity index (χ3v) is 7.10. The van der Waals surface area contributed by atoms with Crippen LogP contribution in [0.25, 0.3) is 0 Å². The average molecular weight is 413 g/mol. The molecule has 0 aliphatic carbocycles. The van der Waals surface area contributed by atoms with Gasteiger partial charge >= 0.3 is 0 Å². The number of nitrogens with one attached hydrogen (secondary N) is 1. The van der Waals surface area contributed by atoms with Gasteiger partial charge in [0.25, 0.3) is 0 Å². The monoisotopic (exact) mass is 412 g/mol. The fourth-order valence-electron chi connectivity index (χ4n) is 3.72. The molecule has 0 aliphatic rings. The predicted molar refractivity (Wildman–Crippen MR) is 130 cm³/mol. The van der Waals surface area contributed by atoms with Gasteiger partial charge in [-0.1, -0.05) is 57.2 Å². The molecule has 0 bridgehead atoms. The summed E-state index contributed by atoms with van der Waals surface area (Å²) >= 11 is 1.96. The molecule has 2 aromatic rings. The number of thioether (sulfide) groups is 1. The number of hydrogen-bond donors (Lipinski definition) is 2. The van der Waals surface area contributed by atoms with Crippen LogP contribution in [0.15, 0.2) is 53.4 Å². The second-order valence-corrected chi connectivity index (χ2v) is 9.42. The molecule has 0 saturated carbocycles. The molecule has 29 heavy (non-hydrogen) atoms. The molecule has 2 aromatic carbocycles.